The van der Waals surface area contributed by atoms with Crippen molar-refractivity contribution in [3.05, 3.63) is 64.7 Å². The molecule has 2 atom stereocenters. The highest BCUT2D eigenvalue weighted by molar-refractivity contribution is 5.94. The van der Waals surface area contributed by atoms with E-state index in [9.17, 15) is 4.79 Å². The Labute approximate surface area is 203 Å². The smallest absolute Gasteiger partial charge is 0.251 e. The van der Waals surface area contributed by atoms with E-state index in [0.717, 1.165) is 56.9 Å². The summed E-state index contributed by atoms with van der Waals surface area (Å²) in [6.45, 7) is 7.27. The predicted molar refractivity (Wildman–Crippen MR) is 134 cm³/mol. The lowest BCUT2D eigenvalue weighted by molar-refractivity contribution is 0.0679. The van der Waals surface area contributed by atoms with Crippen LogP contribution in [0, 0.1) is 5.92 Å². The number of aryl methyl sites for hydroxylation is 1. The van der Waals surface area contributed by atoms with Crippen molar-refractivity contribution < 1.29 is 14.3 Å². The molecule has 0 spiro atoms. The van der Waals surface area contributed by atoms with E-state index in [1.165, 1.54) is 42.6 Å². The maximum absolute atomic E-state index is 12.8. The second-order valence-electron chi connectivity index (χ2n) is 10.4. The fourth-order valence-corrected chi connectivity index (χ4v) is 5.44. The summed E-state index contributed by atoms with van der Waals surface area (Å²) in [4.78, 5) is 15.4. The average molecular weight is 463 g/mol. The van der Waals surface area contributed by atoms with Crippen molar-refractivity contribution in [2.45, 2.75) is 70.6 Å². The standard InChI is InChI=1S/C29H38N2O3/c1-21-12-14-31(15-13-21)19-22-4-5-25-18-26(9-6-24(25)17-22)30-29(32)23-7-10-27(11-8-23)34-20-28-3-2-16-33-28/h4-5,7-8,10-11,17,21,26,28H,2-3,6,9,12-16,18-20H2,1H3,(H,30,32)/t26-,28-/m0/s1. The third kappa shape index (κ3) is 6.00. The van der Waals surface area contributed by atoms with Gasteiger partial charge >= 0.3 is 0 Å². The Morgan fingerprint density at radius 3 is 2.65 bits per heavy atom. The Balaban J connectivity index is 1.11. The van der Waals surface area contributed by atoms with Crippen molar-refractivity contribution in [2.75, 3.05) is 26.3 Å². The highest BCUT2D eigenvalue weighted by Gasteiger charge is 2.22. The van der Waals surface area contributed by atoms with Crippen LogP contribution in [0.1, 0.15) is 66.1 Å². The van der Waals surface area contributed by atoms with Gasteiger partial charge < -0.3 is 14.8 Å². The number of hydrogen-bond donors (Lipinski definition) is 1. The van der Waals surface area contributed by atoms with Crippen molar-refractivity contribution in [3.63, 3.8) is 0 Å². The number of carbonyl (C=O) groups excluding carboxylic acids is 1. The topological polar surface area (TPSA) is 50.8 Å². The summed E-state index contributed by atoms with van der Waals surface area (Å²) in [5, 5.41) is 3.25. The van der Waals surface area contributed by atoms with Gasteiger partial charge in [0.25, 0.3) is 5.91 Å². The van der Waals surface area contributed by atoms with Crippen molar-refractivity contribution in [1.29, 1.82) is 0 Å². The Morgan fingerprint density at radius 2 is 1.88 bits per heavy atom. The summed E-state index contributed by atoms with van der Waals surface area (Å²) >= 11 is 0. The van der Waals surface area contributed by atoms with Gasteiger partial charge in [-0.2, -0.15) is 0 Å². The van der Waals surface area contributed by atoms with Gasteiger partial charge in [-0.1, -0.05) is 25.1 Å². The second-order valence-corrected chi connectivity index (χ2v) is 10.4. The molecule has 0 unspecified atom stereocenters. The molecule has 0 saturated carbocycles. The van der Waals surface area contributed by atoms with Gasteiger partial charge in [0.15, 0.2) is 0 Å². The first-order valence-corrected chi connectivity index (χ1v) is 13.1. The zero-order valence-electron chi connectivity index (χ0n) is 20.4. The largest absolute Gasteiger partial charge is 0.491 e. The highest BCUT2D eigenvalue weighted by Crippen LogP contribution is 2.25. The van der Waals surface area contributed by atoms with Crippen LogP contribution in [0.5, 0.6) is 5.75 Å². The summed E-state index contributed by atoms with van der Waals surface area (Å²) in [7, 11) is 0. The molecule has 2 aromatic carbocycles. The molecule has 2 fully saturated rings. The van der Waals surface area contributed by atoms with Gasteiger partial charge in [0.1, 0.15) is 12.4 Å². The van der Waals surface area contributed by atoms with E-state index in [1.54, 1.807) is 0 Å². The molecule has 1 aliphatic carbocycles. The fourth-order valence-electron chi connectivity index (χ4n) is 5.44. The van der Waals surface area contributed by atoms with Crippen molar-refractivity contribution >= 4 is 5.91 Å². The highest BCUT2D eigenvalue weighted by atomic mass is 16.5. The first kappa shape index (κ1) is 23.4. The van der Waals surface area contributed by atoms with E-state index in [1.807, 2.05) is 24.3 Å². The Morgan fingerprint density at radius 1 is 1.06 bits per heavy atom. The van der Waals surface area contributed by atoms with E-state index >= 15 is 0 Å². The van der Waals surface area contributed by atoms with Gasteiger partial charge in [-0.15, -0.1) is 0 Å². The normalized spacial score (nSPS) is 23.4. The molecule has 34 heavy (non-hydrogen) atoms. The van der Waals surface area contributed by atoms with Crippen LogP contribution in [-0.4, -0.2) is 49.3 Å². The average Bonchev–Trinajstić information content (AvgIpc) is 3.38. The van der Waals surface area contributed by atoms with Crippen LogP contribution in [0.3, 0.4) is 0 Å². The quantitative estimate of drug-likeness (QED) is 0.644. The van der Waals surface area contributed by atoms with Crippen LogP contribution in [0.15, 0.2) is 42.5 Å². The third-order valence-corrected chi connectivity index (χ3v) is 7.69. The van der Waals surface area contributed by atoms with Crippen LogP contribution in [-0.2, 0) is 24.1 Å². The molecule has 2 heterocycles. The number of amides is 1. The van der Waals surface area contributed by atoms with Crippen LogP contribution >= 0.6 is 0 Å². The van der Waals surface area contributed by atoms with E-state index in [-0.39, 0.29) is 18.1 Å². The minimum Gasteiger partial charge on any atom is -0.491 e. The van der Waals surface area contributed by atoms with E-state index < -0.39 is 0 Å². The number of rotatable bonds is 7. The first-order valence-electron chi connectivity index (χ1n) is 13.1. The molecule has 0 radical (unpaired) electrons. The molecule has 2 saturated heterocycles. The summed E-state index contributed by atoms with van der Waals surface area (Å²) < 4.78 is 11.4. The van der Waals surface area contributed by atoms with Crippen LogP contribution in [0.25, 0.3) is 0 Å². The Kier molecular flexibility index (Phi) is 7.51. The van der Waals surface area contributed by atoms with E-state index in [0.29, 0.717) is 12.2 Å². The molecule has 2 aromatic rings. The molecule has 3 aliphatic rings. The molecular formula is C29H38N2O3. The summed E-state index contributed by atoms with van der Waals surface area (Å²) in [6.07, 6.45) is 7.93. The van der Waals surface area contributed by atoms with Gasteiger partial charge in [0, 0.05) is 24.8 Å². The van der Waals surface area contributed by atoms with E-state index in [4.69, 9.17) is 9.47 Å². The van der Waals surface area contributed by atoms with Gasteiger partial charge in [0.05, 0.1) is 6.10 Å². The predicted octanol–water partition coefficient (Wildman–Crippen LogP) is 4.76. The minimum absolute atomic E-state index is 0.00456. The van der Waals surface area contributed by atoms with Gasteiger partial charge in [-0.05, 0) is 105 Å². The lowest BCUT2D eigenvalue weighted by atomic mass is 9.87. The number of benzene rings is 2. The number of carbonyl (C=O) groups is 1. The number of nitrogens with zero attached hydrogens (tertiary/aromatic N) is 1. The molecule has 5 rings (SSSR count). The van der Waals surface area contributed by atoms with Crippen LogP contribution in [0.4, 0.5) is 0 Å². The first-order chi connectivity index (χ1) is 16.6. The number of likely N-dealkylation sites (tertiary alicyclic amines) is 1. The molecule has 182 valence electrons. The van der Waals surface area contributed by atoms with Crippen LogP contribution < -0.4 is 10.1 Å². The molecule has 2 aliphatic heterocycles. The van der Waals surface area contributed by atoms with Gasteiger partial charge in [-0.3, -0.25) is 9.69 Å². The summed E-state index contributed by atoms with van der Waals surface area (Å²) in [5.74, 6) is 1.65. The van der Waals surface area contributed by atoms with Gasteiger partial charge in [0.2, 0.25) is 0 Å². The maximum atomic E-state index is 12.8. The number of piperidine rings is 1. The lowest BCUT2D eigenvalue weighted by Crippen LogP contribution is -2.39. The zero-order chi connectivity index (χ0) is 23.3. The van der Waals surface area contributed by atoms with Crippen molar-refractivity contribution in [3.8, 4) is 5.75 Å². The van der Waals surface area contributed by atoms with Gasteiger partial charge in [-0.25, -0.2) is 0 Å². The molecule has 5 heteroatoms. The monoisotopic (exact) mass is 462 g/mol. The second kappa shape index (κ2) is 10.9. The Hall–Kier alpha value is -2.37. The molecule has 5 nitrogen and oxygen atoms in total. The number of hydrogen-bond acceptors (Lipinski definition) is 4. The molecule has 1 amide bonds. The fraction of sp³-hybridized carbons (Fsp3) is 0.552. The summed E-state index contributed by atoms with van der Waals surface area (Å²) in [6, 6.07) is 14.6. The SMILES string of the molecule is CC1CCN(Cc2ccc3c(c2)CC[C@H](NC(=O)c2ccc(OC[C@@H]4CCCO4)cc2)C3)CC1. The molecule has 0 aromatic heterocycles. The molecule has 0 bridgehead atoms. The maximum Gasteiger partial charge on any atom is 0.251 e. The van der Waals surface area contributed by atoms with E-state index in [2.05, 4.69) is 35.3 Å². The Bertz CT molecular complexity index is 960. The minimum atomic E-state index is -0.00456. The third-order valence-electron chi connectivity index (χ3n) is 7.69. The zero-order valence-corrected chi connectivity index (χ0v) is 20.4. The summed E-state index contributed by atoms with van der Waals surface area (Å²) in [5.41, 5.74) is 4.95. The number of nitrogens with one attached hydrogen (secondary N) is 1. The number of fused-ring (bicyclic) bond motifs is 1. The number of ether oxygens (including phenoxy) is 2. The molecular weight excluding hydrogens is 424 g/mol. The molecule has 1 N–H and O–H groups in total. The lowest BCUT2D eigenvalue weighted by Gasteiger charge is -2.31. The van der Waals surface area contributed by atoms with Crippen LogP contribution in [0.2, 0.25) is 0 Å². The van der Waals surface area contributed by atoms with Crippen molar-refractivity contribution in [2.24, 2.45) is 5.92 Å². The van der Waals surface area contributed by atoms with Crippen molar-refractivity contribution in [1.82, 2.24) is 10.2 Å².